The van der Waals surface area contributed by atoms with Crippen molar-refractivity contribution in [1.29, 1.82) is 0 Å². The van der Waals surface area contributed by atoms with Gasteiger partial charge in [0.15, 0.2) is 5.82 Å². The maximum Gasteiger partial charge on any atom is 0.407 e. The normalized spacial score (nSPS) is 20.1. The van der Waals surface area contributed by atoms with Crippen molar-refractivity contribution < 1.29 is 29.0 Å². The van der Waals surface area contributed by atoms with Crippen molar-refractivity contribution in [2.24, 2.45) is 11.0 Å². The molecule has 5 N–H and O–H groups in total. The average Bonchev–Trinajstić information content (AvgIpc) is 3.05. The van der Waals surface area contributed by atoms with Gasteiger partial charge in [-0.15, -0.1) is 0 Å². The number of nitrogens with one attached hydrogen (secondary N) is 2. The Bertz CT molecular complexity index is 1450. The number of hydrogen-bond acceptors (Lipinski definition) is 11. The third-order valence-corrected chi connectivity index (χ3v) is 8.40. The summed E-state index contributed by atoms with van der Waals surface area (Å²) in [5.74, 6) is 6.89. The lowest BCUT2D eigenvalue weighted by Crippen LogP contribution is -2.50. The predicted octanol–water partition coefficient (Wildman–Crippen LogP) is 2.84. The van der Waals surface area contributed by atoms with E-state index in [1.807, 2.05) is 4.90 Å². The molecule has 1 aromatic heterocycles. The number of hydrogen-bond donors (Lipinski definition) is 4. The number of phenolic OH excluding ortho intramolecular Hbond substituents is 1. The third kappa shape index (κ3) is 7.48. The molecule has 0 unspecified atom stereocenters. The van der Waals surface area contributed by atoms with E-state index in [2.05, 4.69) is 20.7 Å². The van der Waals surface area contributed by atoms with Gasteiger partial charge in [0.25, 0.3) is 5.91 Å². The average molecular weight is 623 g/mol. The van der Waals surface area contributed by atoms with Crippen LogP contribution >= 0.6 is 0 Å². The number of aromatic nitrogens is 1. The molecule has 0 spiro atoms. The lowest BCUT2D eigenvalue weighted by molar-refractivity contribution is -0.117. The van der Waals surface area contributed by atoms with Crippen LogP contribution in [0.1, 0.15) is 48.9 Å². The van der Waals surface area contributed by atoms with Crippen LogP contribution in [0.5, 0.6) is 5.75 Å². The van der Waals surface area contributed by atoms with Crippen molar-refractivity contribution in [3.05, 3.63) is 46.3 Å². The Balaban J connectivity index is 1.19. The molecular formula is C29H38N10O6. The standard InChI is InChI=1S/C29H38N10O6/c1-37-23-8-9-25(35-27(23)38(17-26(37)41)21-10-13-44-14-11-21)39(31)22-7-2-18(16-24(22)40)28(42)33-19-3-5-20(6-4-19)34-29(43)45-15-12-32-36-30/h2,7-9,16,19-21,40H,3-6,10-15,17,31H2,1H3,(H,33,42)(H,34,43). The van der Waals surface area contributed by atoms with E-state index in [1.54, 1.807) is 36.2 Å². The highest BCUT2D eigenvalue weighted by Crippen LogP contribution is 2.38. The monoisotopic (exact) mass is 622 g/mol. The Hall–Kier alpha value is -4.79. The molecule has 2 aromatic rings. The van der Waals surface area contributed by atoms with Gasteiger partial charge in [-0.3, -0.25) is 14.6 Å². The second kappa shape index (κ2) is 14.3. The number of pyridine rings is 1. The maximum atomic E-state index is 13.0. The number of aromatic hydroxyl groups is 1. The van der Waals surface area contributed by atoms with Gasteiger partial charge in [-0.2, -0.15) is 0 Å². The number of alkyl carbamates (subject to hydrolysis) is 1. The summed E-state index contributed by atoms with van der Waals surface area (Å²) in [7, 11) is 1.72. The first-order valence-corrected chi connectivity index (χ1v) is 15.0. The van der Waals surface area contributed by atoms with Gasteiger partial charge in [0.2, 0.25) is 5.91 Å². The highest BCUT2D eigenvalue weighted by atomic mass is 16.5. The SMILES string of the molecule is CN1C(=O)CN(C2CCOCC2)c2nc(N(N)c3ccc(C(=O)NC4CCC(NC(=O)OCCN=[N+]=[N-])CC4)cc3O)ccc21. The molecule has 16 nitrogen and oxygen atoms in total. The van der Waals surface area contributed by atoms with Crippen molar-refractivity contribution in [2.45, 2.75) is 56.7 Å². The van der Waals surface area contributed by atoms with Crippen LogP contribution in [0.2, 0.25) is 0 Å². The number of azide groups is 1. The molecule has 240 valence electrons. The fourth-order valence-corrected chi connectivity index (χ4v) is 5.87. The molecule has 5 rings (SSSR count). The van der Waals surface area contributed by atoms with Gasteiger partial charge in [0.1, 0.15) is 17.3 Å². The Morgan fingerprint density at radius 1 is 1.16 bits per heavy atom. The van der Waals surface area contributed by atoms with Crippen LogP contribution in [-0.2, 0) is 14.3 Å². The summed E-state index contributed by atoms with van der Waals surface area (Å²) in [5, 5.41) is 21.2. The van der Waals surface area contributed by atoms with E-state index in [0.29, 0.717) is 56.2 Å². The number of rotatable bonds is 9. The van der Waals surface area contributed by atoms with E-state index >= 15 is 0 Å². The Morgan fingerprint density at radius 2 is 1.87 bits per heavy atom. The number of likely N-dealkylation sites (N-methyl/N-ethyl adjacent to an activating group) is 1. The van der Waals surface area contributed by atoms with E-state index < -0.39 is 6.09 Å². The molecule has 1 saturated carbocycles. The molecule has 0 bridgehead atoms. The number of carbonyl (C=O) groups is 3. The fourth-order valence-electron chi connectivity index (χ4n) is 5.87. The summed E-state index contributed by atoms with van der Waals surface area (Å²) >= 11 is 0. The number of ether oxygens (including phenoxy) is 2. The summed E-state index contributed by atoms with van der Waals surface area (Å²) in [6.45, 7) is 1.52. The van der Waals surface area contributed by atoms with Crippen LogP contribution in [0.25, 0.3) is 10.4 Å². The molecule has 16 heteroatoms. The second-order valence-electron chi connectivity index (χ2n) is 11.3. The van der Waals surface area contributed by atoms with Crippen molar-refractivity contribution in [1.82, 2.24) is 15.6 Å². The first kappa shape index (κ1) is 31.6. The van der Waals surface area contributed by atoms with Crippen LogP contribution in [0, 0.1) is 0 Å². The van der Waals surface area contributed by atoms with Crippen molar-refractivity contribution >= 4 is 40.9 Å². The Labute approximate surface area is 260 Å². The van der Waals surface area contributed by atoms with E-state index in [4.69, 9.17) is 25.8 Å². The van der Waals surface area contributed by atoms with Gasteiger partial charge in [-0.1, -0.05) is 5.11 Å². The minimum absolute atomic E-state index is 0.00759. The Morgan fingerprint density at radius 3 is 2.56 bits per heavy atom. The molecule has 1 aliphatic carbocycles. The zero-order valence-corrected chi connectivity index (χ0v) is 25.1. The van der Waals surface area contributed by atoms with Crippen molar-refractivity contribution in [2.75, 3.05) is 54.8 Å². The third-order valence-electron chi connectivity index (χ3n) is 8.40. The molecular weight excluding hydrogens is 584 g/mol. The number of benzene rings is 1. The minimum atomic E-state index is -0.565. The molecule has 3 heterocycles. The molecule has 2 aliphatic heterocycles. The predicted molar refractivity (Wildman–Crippen MR) is 165 cm³/mol. The molecule has 1 aromatic carbocycles. The topological polar surface area (TPSA) is 211 Å². The maximum absolute atomic E-state index is 13.0. The first-order valence-electron chi connectivity index (χ1n) is 15.0. The number of carbonyl (C=O) groups excluding carboxylic acids is 3. The van der Waals surface area contributed by atoms with Gasteiger partial charge in [0, 0.05) is 48.9 Å². The number of fused-ring (bicyclic) bond motifs is 1. The number of phenols is 1. The quantitative estimate of drug-likeness (QED) is 0.0802. The highest BCUT2D eigenvalue weighted by molar-refractivity contribution is 6.02. The van der Waals surface area contributed by atoms with Crippen LogP contribution in [0.15, 0.2) is 35.4 Å². The highest BCUT2D eigenvalue weighted by Gasteiger charge is 2.34. The largest absolute Gasteiger partial charge is 0.506 e. The van der Waals surface area contributed by atoms with Gasteiger partial charge in [0.05, 0.1) is 25.4 Å². The van der Waals surface area contributed by atoms with Crippen LogP contribution in [0.4, 0.5) is 27.8 Å². The molecule has 45 heavy (non-hydrogen) atoms. The molecule has 3 amide bonds. The second-order valence-corrected chi connectivity index (χ2v) is 11.3. The molecule has 0 radical (unpaired) electrons. The molecule has 3 aliphatic rings. The number of nitrogens with zero attached hydrogens (tertiary/aromatic N) is 7. The van der Waals surface area contributed by atoms with Crippen molar-refractivity contribution in [3.63, 3.8) is 0 Å². The molecule has 2 fully saturated rings. The number of hydrazine groups is 1. The van der Waals surface area contributed by atoms with E-state index in [9.17, 15) is 19.5 Å². The summed E-state index contributed by atoms with van der Waals surface area (Å²) in [6.07, 6.45) is 3.64. The molecule has 1 saturated heterocycles. The van der Waals surface area contributed by atoms with E-state index in [1.165, 1.54) is 11.1 Å². The van der Waals surface area contributed by atoms with Crippen LogP contribution in [-0.4, -0.2) is 86.1 Å². The number of nitrogens with two attached hydrogens (primary N) is 1. The zero-order valence-electron chi connectivity index (χ0n) is 25.1. The fraction of sp³-hybridized carbons (Fsp3) is 0.517. The van der Waals surface area contributed by atoms with Gasteiger partial charge >= 0.3 is 6.09 Å². The zero-order chi connectivity index (χ0) is 31.9. The summed E-state index contributed by atoms with van der Waals surface area (Å²) in [5.41, 5.74) is 9.48. The lowest BCUT2D eigenvalue weighted by Gasteiger charge is -2.41. The first-order chi connectivity index (χ1) is 21.7. The van der Waals surface area contributed by atoms with E-state index in [0.717, 1.165) is 12.8 Å². The molecule has 0 atom stereocenters. The summed E-state index contributed by atoms with van der Waals surface area (Å²) < 4.78 is 10.5. The summed E-state index contributed by atoms with van der Waals surface area (Å²) in [6, 6.07) is 7.93. The van der Waals surface area contributed by atoms with E-state index in [-0.39, 0.29) is 66.6 Å². The van der Waals surface area contributed by atoms with Gasteiger partial charge < -0.3 is 35.0 Å². The minimum Gasteiger partial charge on any atom is -0.506 e. The van der Waals surface area contributed by atoms with Gasteiger partial charge in [-0.25, -0.2) is 15.6 Å². The summed E-state index contributed by atoms with van der Waals surface area (Å²) in [4.78, 5) is 48.6. The number of amides is 3. The van der Waals surface area contributed by atoms with Crippen LogP contribution < -0.4 is 31.3 Å². The van der Waals surface area contributed by atoms with Crippen LogP contribution in [0.3, 0.4) is 0 Å². The van der Waals surface area contributed by atoms with Gasteiger partial charge in [-0.05, 0) is 74.4 Å². The smallest absolute Gasteiger partial charge is 0.407 e. The Kier molecular flexibility index (Phi) is 10.1. The van der Waals surface area contributed by atoms with Crippen molar-refractivity contribution in [3.8, 4) is 5.75 Å². The number of anilines is 4. The lowest BCUT2D eigenvalue weighted by atomic mass is 9.91.